The number of carbonyl (C=O) groups excluding carboxylic acids is 2. The van der Waals surface area contributed by atoms with Gasteiger partial charge in [0.15, 0.2) is 0 Å². The second kappa shape index (κ2) is 14.1. The van der Waals surface area contributed by atoms with Crippen molar-refractivity contribution in [1.82, 2.24) is 4.31 Å². The summed E-state index contributed by atoms with van der Waals surface area (Å²) in [5.74, 6) is -1.11. The van der Waals surface area contributed by atoms with Crippen molar-refractivity contribution >= 4 is 39.2 Å². The molecule has 0 saturated carbocycles. The summed E-state index contributed by atoms with van der Waals surface area (Å²) in [6.45, 7) is 3.91. The average Bonchev–Trinajstić information content (AvgIpc) is 3.00. The van der Waals surface area contributed by atoms with Crippen molar-refractivity contribution in [3.8, 4) is 16.9 Å². The minimum Gasteiger partial charge on any atom is -0.507 e. The van der Waals surface area contributed by atoms with Gasteiger partial charge in [0.2, 0.25) is 15.9 Å². The number of nitrogens with zero attached hydrogens (tertiary/aromatic N) is 2. The van der Waals surface area contributed by atoms with Crippen molar-refractivity contribution in [2.24, 2.45) is 5.92 Å². The van der Waals surface area contributed by atoms with Crippen LogP contribution in [-0.4, -0.2) is 50.4 Å². The minimum atomic E-state index is -4.03. The van der Waals surface area contributed by atoms with E-state index in [4.69, 9.17) is 16.3 Å². The first-order valence-corrected chi connectivity index (χ1v) is 15.8. The number of amides is 1. The Balaban J connectivity index is 1.60. The lowest BCUT2D eigenvalue weighted by Gasteiger charge is -2.26. The fourth-order valence-electron chi connectivity index (χ4n) is 4.73. The Labute approximate surface area is 263 Å². The number of phenols is 1. The summed E-state index contributed by atoms with van der Waals surface area (Å²) in [6.07, 6.45) is 0.909. The summed E-state index contributed by atoms with van der Waals surface area (Å²) < 4.78 is 32.7. The van der Waals surface area contributed by atoms with Gasteiger partial charge in [-0.1, -0.05) is 74.0 Å². The Hall–Kier alpha value is -4.18. The first-order chi connectivity index (χ1) is 20.9. The number of hydrogen-bond acceptors (Lipinski definition) is 6. The van der Waals surface area contributed by atoms with Gasteiger partial charge in [0.25, 0.3) is 0 Å². The van der Waals surface area contributed by atoms with Gasteiger partial charge in [-0.25, -0.2) is 13.2 Å². The van der Waals surface area contributed by atoms with Gasteiger partial charge in [0.05, 0.1) is 25.1 Å². The molecule has 4 rings (SSSR count). The second-order valence-electron chi connectivity index (χ2n) is 10.9. The Bertz CT molecular complexity index is 1720. The number of likely N-dealkylation sites (N-methyl/N-ethyl adjacent to an activating group) is 1. The van der Waals surface area contributed by atoms with Crippen LogP contribution in [0.2, 0.25) is 5.02 Å². The maximum absolute atomic E-state index is 13.8. The third-order valence-corrected chi connectivity index (χ3v) is 9.17. The number of aromatic hydroxyl groups is 1. The smallest absolute Gasteiger partial charge is 0.341 e. The van der Waals surface area contributed by atoms with Gasteiger partial charge in [-0.2, -0.15) is 4.31 Å². The van der Waals surface area contributed by atoms with Gasteiger partial charge >= 0.3 is 5.97 Å². The SMILES string of the molecule is COC(=O)c1cc(N(Cc2ccc(CC(C)C)cc2)C(=O)CN(C)S(=O)(=O)c2ccc(-c3ccc(Cl)cc3)cc2)ccc1O. The van der Waals surface area contributed by atoms with Crippen LogP contribution in [-0.2, 0) is 32.5 Å². The second-order valence-corrected chi connectivity index (χ2v) is 13.4. The highest BCUT2D eigenvalue weighted by molar-refractivity contribution is 7.89. The molecular weight excluding hydrogens is 600 g/mol. The van der Waals surface area contributed by atoms with Crippen molar-refractivity contribution in [2.75, 3.05) is 25.6 Å². The van der Waals surface area contributed by atoms with Crippen molar-refractivity contribution in [3.63, 3.8) is 0 Å². The van der Waals surface area contributed by atoms with E-state index in [-0.39, 0.29) is 22.8 Å². The number of benzene rings is 4. The molecule has 0 heterocycles. The number of ether oxygens (including phenoxy) is 1. The number of phenolic OH excluding ortho intramolecular Hbond substituents is 1. The normalized spacial score (nSPS) is 11.5. The Morgan fingerprint density at radius 1 is 0.864 bits per heavy atom. The third kappa shape index (κ3) is 7.85. The van der Waals surface area contributed by atoms with Crippen LogP contribution in [0.15, 0.2) is 95.9 Å². The van der Waals surface area contributed by atoms with E-state index < -0.39 is 28.4 Å². The molecule has 0 aliphatic carbocycles. The number of rotatable bonds is 11. The topological polar surface area (TPSA) is 104 Å². The zero-order chi connectivity index (χ0) is 32.0. The van der Waals surface area contributed by atoms with Crippen molar-refractivity contribution < 1.29 is 27.9 Å². The lowest BCUT2D eigenvalue weighted by molar-refractivity contribution is -0.118. The molecule has 0 spiro atoms. The third-order valence-electron chi connectivity index (χ3n) is 7.10. The number of halogens is 1. The van der Waals surface area contributed by atoms with Crippen molar-refractivity contribution in [1.29, 1.82) is 0 Å². The highest BCUT2D eigenvalue weighted by Crippen LogP contribution is 2.28. The van der Waals surface area contributed by atoms with E-state index in [1.54, 1.807) is 24.3 Å². The first-order valence-electron chi connectivity index (χ1n) is 14.0. The van der Waals surface area contributed by atoms with Crippen LogP contribution in [0.4, 0.5) is 5.69 Å². The van der Waals surface area contributed by atoms with Gasteiger partial charge in [0.1, 0.15) is 11.3 Å². The van der Waals surface area contributed by atoms with Gasteiger partial charge in [0, 0.05) is 17.8 Å². The van der Waals surface area contributed by atoms with Crippen LogP contribution in [0.5, 0.6) is 5.75 Å². The Morgan fingerprint density at radius 2 is 1.43 bits per heavy atom. The quantitative estimate of drug-likeness (QED) is 0.188. The van der Waals surface area contributed by atoms with Crippen molar-refractivity contribution in [2.45, 2.75) is 31.7 Å². The van der Waals surface area contributed by atoms with E-state index in [9.17, 15) is 23.1 Å². The Morgan fingerprint density at radius 3 is 2.00 bits per heavy atom. The standard InChI is InChI=1S/C34H35ClN2O6S/c1-23(2)19-24-5-7-25(8-6-24)21-37(29-15-18-32(38)31(20-29)34(40)43-4)33(39)22-36(3)44(41,42)30-16-11-27(12-17-30)26-9-13-28(35)14-10-26/h5-18,20,23,38H,19,21-22H2,1-4H3. The molecule has 1 amide bonds. The number of carbonyl (C=O) groups is 2. The number of hydrogen-bond donors (Lipinski definition) is 1. The highest BCUT2D eigenvalue weighted by Gasteiger charge is 2.27. The number of sulfonamides is 1. The van der Waals surface area contributed by atoms with Crippen molar-refractivity contribution in [3.05, 3.63) is 113 Å². The molecule has 0 aliphatic rings. The van der Waals surface area contributed by atoms with E-state index in [1.165, 1.54) is 49.4 Å². The lowest BCUT2D eigenvalue weighted by Crippen LogP contribution is -2.41. The van der Waals surface area contributed by atoms with E-state index >= 15 is 0 Å². The molecule has 8 nitrogen and oxygen atoms in total. The van der Waals surface area contributed by atoms with E-state index in [2.05, 4.69) is 13.8 Å². The number of esters is 1. The predicted octanol–water partition coefficient (Wildman–Crippen LogP) is 6.55. The average molecular weight is 635 g/mol. The van der Waals surface area contributed by atoms with Gasteiger partial charge in [-0.3, -0.25) is 4.79 Å². The molecule has 0 aromatic heterocycles. The molecule has 4 aromatic carbocycles. The van der Waals surface area contributed by atoms with Gasteiger partial charge in [-0.05, 0) is 77.1 Å². The summed E-state index contributed by atoms with van der Waals surface area (Å²) >= 11 is 5.98. The molecule has 1 N–H and O–H groups in total. The van der Waals surface area contributed by atoms with E-state index in [0.717, 1.165) is 33.0 Å². The maximum atomic E-state index is 13.8. The molecule has 0 saturated heterocycles. The zero-order valence-electron chi connectivity index (χ0n) is 25.0. The highest BCUT2D eigenvalue weighted by atomic mass is 35.5. The fourth-order valence-corrected chi connectivity index (χ4v) is 5.97. The molecule has 0 fully saturated rings. The van der Waals surface area contributed by atoms with Crippen LogP contribution in [0, 0.1) is 5.92 Å². The van der Waals surface area contributed by atoms with Gasteiger partial charge < -0.3 is 14.7 Å². The molecular formula is C34H35ClN2O6S. The van der Waals surface area contributed by atoms with Crippen LogP contribution in [0.25, 0.3) is 11.1 Å². The summed E-state index contributed by atoms with van der Waals surface area (Å²) in [7, 11) is -1.49. The molecule has 0 aliphatic heterocycles. The van der Waals surface area contributed by atoms with Crippen LogP contribution in [0.1, 0.15) is 35.3 Å². The largest absolute Gasteiger partial charge is 0.507 e. The molecule has 230 valence electrons. The molecule has 10 heteroatoms. The van der Waals surface area contributed by atoms with Gasteiger partial charge in [-0.15, -0.1) is 0 Å². The van der Waals surface area contributed by atoms with E-state index in [1.807, 2.05) is 36.4 Å². The number of anilines is 1. The van der Waals surface area contributed by atoms with E-state index in [0.29, 0.717) is 16.6 Å². The molecule has 0 bridgehead atoms. The number of methoxy groups -OCH3 is 1. The fraction of sp³-hybridized carbons (Fsp3) is 0.235. The minimum absolute atomic E-state index is 0.0374. The predicted molar refractivity (Wildman–Crippen MR) is 172 cm³/mol. The maximum Gasteiger partial charge on any atom is 0.341 e. The van der Waals surface area contributed by atoms with Crippen LogP contribution in [0.3, 0.4) is 0 Å². The lowest BCUT2D eigenvalue weighted by atomic mass is 10.0. The summed E-state index contributed by atoms with van der Waals surface area (Å²) in [5.41, 5.74) is 3.86. The summed E-state index contributed by atoms with van der Waals surface area (Å²) in [4.78, 5) is 27.5. The molecule has 0 radical (unpaired) electrons. The molecule has 0 atom stereocenters. The molecule has 44 heavy (non-hydrogen) atoms. The zero-order valence-corrected chi connectivity index (χ0v) is 26.6. The Kier molecular flexibility index (Phi) is 10.5. The summed E-state index contributed by atoms with van der Waals surface area (Å²) in [5, 5.41) is 10.8. The molecule has 4 aromatic rings. The van der Waals surface area contributed by atoms with Crippen LogP contribution < -0.4 is 4.90 Å². The molecule has 0 unspecified atom stereocenters. The first kappa shape index (κ1) is 32.7. The summed E-state index contributed by atoms with van der Waals surface area (Å²) in [6, 6.07) is 25.6. The van der Waals surface area contributed by atoms with Crippen LogP contribution >= 0.6 is 11.6 Å². The monoisotopic (exact) mass is 634 g/mol.